The van der Waals surface area contributed by atoms with Gasteiger partial charge in [-0.15, -0.1) is 0 Å². The molecular formula is C18H16FN3O3. The van der Waals surface area contributed by atoms with Gasteiger partial charge in [-0.3, -0.25) is 9.59 Å². The van der Waals surface area contributed by atoms with Crippen LogP contribution < -0.4 is 10.9 Å². The minimum absolute atomic E-state index is 0.199. The van der Waals surface area contributed by atoms with Crippen LogP contribution in [-0.2, 0) is 0 Å². The molecule has 0 aliphatic heterocycles. The van der Waals surface area contributed by atoms with Crippen molar-refractivity contribution in [2.24, 2.45) is 0 Å². The lowest BCUT2D eigenvalue weighted by molar-refractivity contribution is 0.0947. The molecular weight excluding hydrogens is 325 g/mol. The van der Waals surface area contributed by atoms with Gasteiger partial charge < -0.3 is 9.73 Å². The van der Waals surface area contributed by atoms with Gasteiger partial charge in [0.1, 0.15) is 11.5 Å². The molecule has 0 bridgehead atoms. The van der Waals surface area contributed by atoms with Crippen molar-refractivity contribution in [2.75, 3.05) is 6.54 Å². The first kappa shape index (κ1) is 16.6. The van der Waals surface area contributed by atoms with Gasteiger partial charge in [0.15, 0.2) is 5.76 Å². The summed E-state index contributed by atoms with van der Waals surface area (Å²) < 4.78 is 19.5. The molecule has 25 heavy (non-hydrogen) atoms. The molecule has 0 radical (unpaired) electrons. The first-order valence-electron chi connectivity index (χ1n) is 7.72. The summed E-state index contributed by atoms with van der Waals surface area (Å²) >= 11 is 0. The van der Waals surface area contributed by atoms with E-state index in [-0.39, 0.29) is 24.1 Å². The molecule has 1 aromatic carbocycles. The van der Waals surface area contributed by atoms with Gasteiger partial charge in [-0.2, -0.15) is 5.10 Å². The van der Waals surface area contributed by atoms with Gasteiger partial charge in [-0.05, 0) is 49.4 Å². The molecule has 1 N–H and O–H groups in total. The summed E-state index contributed by atoms with van der Waals surface area (Å²) in [7, 11) is 0. The number of furan rings is 1. The van der Waals surface area contributed by atoms with Crippen molar-refractivity contribution in [2.45, 2.75) is 13.0 Å². The summed E-state index contributed by atoms with van der Waals surface area (Å²) in [6.45, 7) is 1.97. The Morgan fingerprint density at radius 3 is 2.68 bits per heavy atom. The number of carbonyl (C=O) groups is 1. The van der Waals surface area contributed by atoms with E-state index in [4.69, 9.17) is 4.42 Å². The van der Waals surface area contributed by atoms with Crippen molar-refractivity contribution in [3.63, 3.8) is 0 Å². The number of amides is 1. The monoisotopic (exact) mass is 341 g/mol. The summed E-state index contributed by atoms with van der Waals surface area (Å²) in [6.07, 6.45) is 1.53. The smallest absolute Gasteiger partial charge is 0.267 e. The number of nitrogens with zero attached hydrogens (tertiary/aromatic N) is 2. The Morgan fingerprint density at radius 1 is 1.24 bits per heavy atom. The lowest BCUT2D eigenvalue weighted by atomic mass is 10.2. The molecule has 2 aromatic heterocycles. The number of aromatic nitrogens is 2. The molecule has 0 spiro atoms. The molecule has 0 saturated heterocycles. The van der Waals surface area contributed by atoms with Crippen LogP contribution in [0.4, 0.5) is 4.39 Å². The highest BCUT2D eigenvalue weighted by molar-refractivity contribution is 5.94. The molecule has 0 aliphatic rings. The van der Waals surface area contributed by atoms with Crippen LogP contribution in [-0.4, -0.2) is 22.2 Å². The topological polar surface area (TPSA) is 77.1 Å². The van der Waals surface area contributed by atoms with Crippen LogP contribution >= 0.6 is 0 Å². The maximum absolute atomic E-state index is 12.9. The van der Waals surface area contributed by atoms with Gasteiger partial charge in [-0.25, -0.2) is 9.07 Å². The zero-order valence-electron chi connectivity index (χ0n) is 13.5. The number of carbonyl (C=O) groups excluding carboxylic acids is 1. The predicted molar refractivity (Wildman–Crippen MR) is 89.6 cm³/mol. The highest BCUT2D eigenvalue weighted by atomic mass is 19.1. The van der Waals surface area contributed by atoms with E-state index in [9.17, 15) is 14.0 Å². The second-order valence-corrected chi connectivity index (χ2v) is 5.54. The highest BCUT2D eigenvalue weighted by Crippen LogP contribution is 2.16. The maximum Gasteiger partial charge on any atom is 0.267 e. The molecule has 2 heterocycles. The van der Waals surface area contributed by atoms with Gasteiger partial charge in [0.2, 0.25) is 0 Å². The molecule has 1 atom stereocenters. The van der Waals surface area contributed by atoms with E-state index < -0.39 is 5.82 Å². The molecule has 0 fully saturated rings. The molecule has 1 unspecified atom stereocenters. The van der Waals surface area contributed by atoms with E-state index in [1.165, 1.54) is 41.3 Å². The van der Waals surface area contributed by atoms with Crippen molar-refractivity contribution in [3.8, 4) is 11.5 Å². The molecule has 3 aromatic rings. The Kier molecular flexibility index (Phi) is 4.74. The van der Waals surface area contributed by atoms with Gasteiger partial charge in [0, 0.05) is 18.2 Å². The lowest BCUT2D eigenvalue weighted by Gasteiger charge is -2.15. The molecule has 0 saturated carbocycles. The fourth-order valence-electron chi connectivity index (χ4n) is 2.33. The molecule has 6 nitrogen and oxygen atoms in total. The van der Waals surface area contributed by atoms with Crippen molar-refractivity contribution in [1.29, 1.82) is 0 Å². The van der Waals surface area contributed by atoms with Crippen LogP contribution in [0.5, 0.6) is 0 Å². The summed E-state index contributed by atoms with van der Waals surface area (Å²) in [6, 6.07) is 11.3. The van der Waals surface area contributed by atoms with Crippen LogP contribution in [0.25, 0.3) is 11.5 Å². The van der Waals surface area contributed by atoms with E-state index in [1.54, 1.807) is 25.1 Å². The summed E-state index contributed by atoms with van der Waals surface area (Å²) in [4.78, 5) is 24.1. The van der Waals surface area contributed by atoms with Crippen molar-refractivity contribution in [1.82, 2.24) is 15.1 Å². The van der Waals surface area contributed by atoms with E-state index in [0.29, 0.717) is 17.0 Å². The van der Waals surface area contributed by atoms with Gasteiger partial charge in [-0.1, -0.05) is 0 Å². The minimum atomic E-state index is -0.407. The minimum Gasteiger partial charge on any atom is -0.463 e. The molecule has 0 aliphatic carbocycles. The quantitative estimate of drug-likeness (QED) is 0.774. The molecule has 7 heteroatoms. The number of benzene rings is 1. The summed E-state index contributed by atoms with van der Waals surface area (Å²) in [5, 5.41) is 7.00. The van der Waals surface area contributed by atoms with E-state index in [1.807, 2.05) is 0 Å². The first-order chi connectivity index (χ1) is 12.0. The Balaban J connectivity index is 1.71. The third kappa shape index (κ3) is 3.82. The molecule has 3 rings (SSSR count). The highest BCUT2D eigenvalue weighted by Gasteiger charge is 2.13. The van der Waals surface area contributed by atoms with Crippen LogP contribution in [0.2, 0.25) is 0 Å². The molecule has 1 amide bonds. The van der Waals surface area contributed by atoms with E-state index in [0.717, 1.165) is 0 Å². The second-order valence-electron chi connectivity index (χ2n) is 5.54. The first-order valence-corrected chi connectivity index (χ1v) is 7.72. The van der Waals surface area contributed by atoms with Gasteiger partial charge in [0.25, 0.3) is 11.5 Å². The number of rotatable bonds is 5. The average Bonchev–Trinajstić information content (AvgIpc) is 3.15. The number of nitrogens with one attached hydrogen (secondary N) is 1. The fraction of sp³-hybridized carbons (Fsp3) is 0.167. The third-order valence-electron chi connectivity index (χ3n) is 3.68. The third-order valence-corrected chi connectivity index (χ3v) is 3.68. The predicted octanol–water partition coefficient (Wildman–Crippen LogP) is 2.63. The Hall–Kier alpha value is -3.22. The lowest BCUT2D eigenvalue weighted by Crippen LogP contribution is -2.34. The molecule has 128 valence electrons. The fourth-order valence-corrected chi connectivity index (χ4v) is 2.33. The summed E-state index contributed by atoms with van der Waals surface area (Å²) in [5.41, 5.74) is 0.596. The summed E-state index contributed by atoms with van der Waals surface area (Å²) in [5.74, 6) is -0.200. The number of hydrogen-bond acceptors (Lipinski definition) is 4. The maximum atomic E-state index is 12.9. The second kappa shape index (κ2) is 7.12. The van der Waals surface area contributed by atoms with E-state index in [2.05, 4.69) is 10.4 Å². The van der Waals surface area contributed by atoms with Crippen molar-refractivity contribution in [3.05, 3.63) is 76.5 Å². The van der Waals surface area contributed by atoms with Gasteiger partial charge >= 0.3 is 0 Å². The average molecular weight is 341 g/mol. The van der Waals surface area contributed by atoms with Crippen LogP contribution in [0.15, 0.2) is 64.0 Å². The van der Waals surface area contributed by atoms with Crippen LogP contribution in [0.1, 0.15) is 23.3 Å². The van der Waals surface area contributed by atoms with Crippen molar-refractivity contribution >= 4 is 5.91 Å². The number of halogens is 1. The number of hydrogen-bond donors (Lipinski definition) is 1. The normalized spacial score (nSPS) is 11.9. The van der Waals surface area contributed by atoms with Crippen molar-refractivity contribution < 1.29 is 13.6 Å². The Labute approximate surface area is 142 Å². The largest absolute Gasteiger partial charge is 0.463 e. The van der Waals surface area contributed by atoms with Crippen LogP contribution in [0.3, 0.4) is 0 Å². The zero-order chi connectivity index (χ0) is 17.8. The zero-order valence-corrected chi connectivity index (χ0v) is 13.5. The Morgan fingerprint density at radius 2 is 2.00 bits per heavy atom. The SMILES string of the molecule is CC(CNC(=O)c1ccc(F)cc1)n1nc(-c2ccco2)ccc1=O. The standard InChI is InChI=1S/C18H16FN3O3/c1-12(11-20-18(24)13-4-6-14(19)7-5-13)22-17(23)9-8-15(21-22)16-3-2-10-25-16/h2-10,12H,11H2,1H3,(H,20,24). The van der Waals surface area contributed by atoms with Gasteiger partial charge in [0.05, 0.1) is 12.3 Å². The Bertz CT molecular complexity index is 917. The van der Waals surface area contributed by atoms with Crippen LogP contribution in [0, 0.1) is 5.82 Å². The van der Waals surface area contributed by atoms with E-state index >= 15 is 0 Å².